The maximum absolute atomic E-state index is 9.75. The van der Waals surface area contributed by atoms with Gasteiger partial charge in [0, 0.05) is 6.92 Å². The molecule has 1 aliphatic carbocycles. The Kier molecular flexibility index (Phi) is 4.29. The van der Waals surface area contributed by atoms with Gasteiger partial charge in [-0.25, -0.2) is 0 Å². The molecule has 92 valence electrons. The summed E-state index contributed by atoms with van der Waals surface area (Å²) in [5.74, 6) is -0.0408. The number of carbonyl (C=O) groups is 1. The molecule has 2 N–H and O–H groups in total. The molecule has 1 unspecified atom stereocenters. The quantitative estimate of drug-likeness (QED) is 0.784. The monoisotopic (exact) mass is 236 g/mol. The van der Waals surface area contributed by atoms with Gasteiger partial charge in [-0.3, -0.25) is 4.79 Å². The van der Waals surface area contributed by atoms with Crippen molar-refractivity contribution in [1.82, 2.24) is 0 Å². The summed E-state index contributed by atoms with van der Waals surface area (Å²) < 4.78 is 5.09. The molecule has 4 heteroatoms. The van der Waals surface area contributed by atoms with Crippen LogP contribution < -0.4 is 4.74 Å². The van der Waals surface area contributed by atoms with E-state index in [1.54, 1.807) is 7.11 Å². The Morgan fingerprint density at radius 3 is 2.53 bits per heavy atom. The second kappa shape index (κ2) is 5.50. The summed E-state index contributed by atoms with van der Waals surface area (Å²) in [6.07, 6.45) is 1.55. The van der Waals surface area contributed by atoms with E-state index in [0.29, 0.717) is 0 Å². The van der Waals surface area contributed by atoms with Crippen LogP contribution >= 0.6 is 0 Å². The maximum Gasteiger partial charge on any atom is 0.300 e. The highest BCUT2D eigenvalue weighted by Gasteiger charge is 2.19. The van der Waals surface area contributed by atoms with Crippen LogP contribution in [0.25, 0.3) is 6.08 Å². The number of aliphatic carboxylic acids is 1. The molecular formula is C13H16O4. The molecule has 0 bridgehead atoms. The van der Waals surface area contributed by atoms with Crippen molar-refractivity contribution in [2.24, 2.45) is 0 Å². The van der Waals surface area contributed by atoms with Gasteiger partial charge in [0.15, 0.2) is 0 Å². The van der Waals surface area contributed by atoms with Crippen LogP contribution in [0.5, 0.6) is 5.75 Å². The van der Waals surface area contributed by atoms with Crippen molar-refractivity contribution in [3.63, 3.8) is 0 Å². The van der Waals surface area contributed by atoms with E-state index in [2.05, 4.69) is 0 Å². The smallest absolute Gasteiger partial charge is 0.300 e. The molecule has 0 saturated heterocycles. The van der Waals surface area contributed by atoms with Crippen LogP contribution in [-0.2, 0) is 4.79 Å². The fourth-order valence-corrected chi connectivity index (χ4v) is 1.62. The number of carboxylic acids is 1. The van der Waals surface area contributed by atoms with Crippen LogP contribution in [0.3, 0.4) is 0 Å². The lowest BCUT2D eigenvalue weighted by molar-refractivity contribution is -0.134. The van der Waals surface area contributed by atoms with E-state index in [4.69, 9.17) is 14.6 Å². The molecular weight excluding hydrogens is 220 g/mol. The number of hydrogen-bond donors (Lipinski definition) is 2. The second-order valence-corrected chi connectivity index (χ2v) is 3.80. The third-order valence-electron chi connectivity index (χ3n) is 2.40. The molecule has 0 spiro atoms. The van der Waals surface area contributed by atoms with Gasteiger partial charge >= 0.3 is 0 Å². The van der Waals surface area contributed by atoms with Gasteiger partial charge in [-0.2, -0.15) is 0 Å². The van der Waals surface area contributed by atoms with E-state index in [9.17, 15) is 5.11 Å². The standard InChI is InChI=1S/C11H12O2.C2H4O2/c1-7-5-8-3-4-9(13-2)6-10(8)11(7)12;1-2(3)4/h3-6,11-12H,1-2H3;1H3,(H,3,4). The molecule has 0 fully saturated rings. The van der Waals surface area contributed by atoms with E-state index >= 15 is 0 Å². The molecule has 2 rings (SSSR count). The Labute approximate surface area is 100 Å². The first-order valence-electron chi connectivity index (χ1n) is 5.19. The highest BCUT2D eigenvalue weighted by atomic mass is 16.5. The molecule has 17 heavy (non-hydrogen) atoms. The largest absolute Gasteiger partial charge is 0.497 e. The Bertz CT molecular complexity index is 445. The highest BCUT2D eigenvalue weighted by Crippen LogP contribution is 2.35. The Morgan fingerprint density at radius 2 is 2.00 bits per heavy atom. The molecule has 0 aromatic heterocycles. The number of aliphatic hydroxyl groups excluding tert-OH is 1. The molecule has 0 saturated carbocycles. The number of carboxylic acid groups (broad SMARTS) is 1. The number of hydrogen-bond acceptors (Lipinski definition) is 3. The molecule has 0 heterocycles. The van der Waals surface area contributed by atoms with Gasteiger partial charge in [0.25, 0.3) is 5.97 Å². The molecule has 1 aliphatic rings. The number of rotatable bonds is 1. The molecule has 4 nitrogen and oxygen atoms in total. The van der Waals surface area contributed by atoms with Gasteiger partial charge < -0.3 is 14.9 Å². The van der Waals surface area contributed by atoms with Gasteiger partial charge in [0.1, 0.15) is 11.9 Å². The number of fused-ring (bicyclic) bond motifs is 1. The Morgan fingerprint density at radius 1 is 1.41 bits per heavy atom. The minimum absolute atomic E-state index is 0.454. The first-order valence-corrected chi connectivity index (χ1v) is 5.19. The maximum atomic E-state index is 9.75. The van der Waals surface area contributed by atoms with Crippen molar-refractivity contribution < 1.29 is 19.7 Å². The van der Waals surface area contributed by atoms with E-state index < -0.39 is 12.1 Å². The van der Waals surface area contributed by atoms with Crippen molar-refractivity contribution in [2.45, 2.75) is 20.0 Å². The first kappa shape index (κ1) is 13.3. The average molecular weight is 236 g/mol. The van der Waals surface area contributed by atoms with Crippen molar-refractivity contribution in [3.8, 4) is 5.75 Å². The number of benzene rings is 1. The number of aliphatic hydroxyl groups is 1. The zero-order chi connectivity index (χ0) is 13.0. The lowest BCUT2D eigenvalue weighted by Gasteiger charge is -2.07. The average Bonchev–Trinajstić information content (AvgIpc) is 2.54. The van der Waals surface area contributed by atoms with Gasteiger partial charge in [-0.1, -0.05) is 12.1 Å². The molecule has 1 atom stereocenters. The van der Waals surface area contributed by atoms with E-state index in [1.807, 2.05) is 31.2 Å². The van der Waals surface area contributed by atoms with Crippen molar-refractivity contribution in [3.05, 3.63) is 34.9 Å². The summed E-state index contributed by atoms with van der Waals surface area (Å²) in [4.78, 5) is 9.00. The minimum Gasteiger partial charge on any atom is -0.497 e. The SMILES string of the molecule is CC(=O)O.COc1ccc2c(c1)C(O)C(C)=C2. The summed E-state index contributed by atoms with van der Waals surface area (Å²) in [5.41, 5.74) is 3.02. The fourth-order valence-electron chi connectivity index (χ4n) is 1.62. The minimum atomic E-state index is -0.833. The van der Waals surface area contributed by atoms with E-state index in [1.165, 1.54) is 0 Å². The third-order valence-corrected chi connectivity index (χ3v) is 2.40. The van der Waals surface area contributed by atoms with Gasteiger partial charge in [0.2, 0.25) is 0 Å². The van der Waals surface area contributed by atoms with E-state index in [0.717, 1.165) is 29.4 Å². The normalized spacial score (nSPS) is 16.5. The topological polar surface area (TPSA) is 66.8 Å². The second-order valence-electron chi connectivity index (χ2n) is 3.80. The van der Waals surface area contributed by atoms with Gasteiger partial charge in [-0.05, 0) is 35.8 Å². The first-order chi connectivity index (χ1) is 7.95. The molecule has 0 aliphatic heterocycles. The van der Waals surface area contributed by atoms with Crippen LogP contribution in [0.4, 0.5) is 0 Å². The summed E-state index contributed by atoms with van der Waals surface area (Å²) in [7, 11) is 1.63. The van der Waals surface area contributed by atoms with Crippen molar-refractivity contribution in [1.29, 1.82) is 0 Å². The predicted molar refractivity (Wildman–Crippen MR) is 64.9 cm³/mol. The highest BCUT2D eigenvalue weighted by molar-refractivity contribution is 5.66. The number of ether oxygens (including phenoxy) is 1. The Hall–Kier alpha value is -1.81. The van der Waals surface area contributed by atoms with Crippen molar-refractivity contribution >= 4 is 12.0 Å². The van der Waals surface area contributed by atoms with Crippen LogP contribution in [0, 0.1) is 0 Å². The predicted octanol–water partition coefficient (Wildman–Crippen LogP) is 2.24. The Balaban J connectivity index is 0.000000317. The molecule has 1 aromatic rings. The summed E-state index contributed by atoms with van der Waals surface area (Å²) in [5, 5.41) is 17.2. The van der Waals surface area contributed by atoms with Gasteiger partial charge in [0.05, 0.1) is 7.11 Å². The molecule has 0 radical (unpaired) electrons. The lowest BCUT2D eigenvalue weighted by Crippen LogP contribution is -1.95. The zero-order valence-corrected chi connectivity index (χ0v) is 10.1. The molecule has 0 amide bonds. The van der Waals surface area contributed by atoms with Crippen molar-refractivity contribution in [2.75, 3.05) is 7.11 Å². The van der Waals surface area contributed by atoms with E-state index in [-0.39, 0.29) is 0 Å². The summed E-state index contributed by atoms with van der Waals surface area (Å²) >= 11 is 0. The lowest BCUT2D eigenvalue weighted by atomic mass is 10.1. The number of methoxy groups -OCH3 is 1. The van der Waals surface area contributed by atoms with Crippen LogP contribution in [0.1, 0.15) is 31.1 Å². The zero-order valence-electron chi connectivity index (χ0n) is 10.1. The molecule has 1 aromatic carbocycles. The summed E-state index contributed by atoms with van der Waals surface area (Å²) in [6.45, 7) is 3.01. The van der Waals surface area contributed by atoms with Gasteiger partial charge in [-0.15, -0.1) is 0 Å². The third kappa shape index (κ3) is 3.32. The summed E-state index contributed by atoms with van der Waals surface area (Å²) in [6, 6.07) is 5.75. The van der Waals surface area contributed by atoms with Crippen LogP contribution in [0.2, 0.25) is 0 Å². The fraction of sp³-hybridized carbons (Fsp3) is 0.308. The van der Waals surface area contributed by atoms with Crippen LogP contribution in [0.15, 0.2) is 23.8 Å². The van der Waals surface area contributed by atoms with Crippen LogP contribution in [-0.4, -0.2) is 23.3 Å².